The molecule has 0 aliphatic carbocycles. The zero-order valence-corrected chi connectivity index (χ0v) is 16.7. The van der Waals surface area contributed by atoms with Gasteiger partial charge in [-0.05, 0) is 74.1 Å². The Kier molecular flexibility index (Phi) is 7.60. The normalized spacial score (nSPS) is 14.7. The predicted molar refractivity (Wildman–Crippen MR) is 114 cm³/mol. The van der Waals surface area contributed by atoms with Crippen molar-refractivity contribution in [1.29, 1.82) is 0 Å². The van der Waals surface area contributed by atoms with Crippen molar-refractivity contribution >= 4 is 23.4 Å². The number of amides is 1. The van der Waals surface area contributed by atoms with Crippen LogP contribution in [0.3, 0.4) is 0 Å². The molecule has 2 aromatic carbocycles. The Morgan fingerprint density at radius 2 is 1.78 bits per heavy atom. The fraction of sp³-hybridized carbons (Fsp3) is 0.409. The Labute approximate surface area is 166 Å². The number of hydrogen-bond acceptors (Lipinski definition) is 4. The second kappa shape index (κ2) is 10.4. The molecule has 1 fully saturated rings. The summed E-state index contributed by atoms with van der Waals surface area (Å²) in [5.74, 6) is 3.12. The Morgan fingerprint density at radius 3 is 2.48 bits per heavy atom. The van der Waals surface area contributed by atoms with E-state index in [1.165, 1.54) is 29.9 Å². The summed E-state index contributed by atoms with van der Waals surface area (Å²) >= 11 is 2.06. The van der Waals surface area contributed by atoms with Crippen LogP contribution in [0.15, 0.2) is 48.5 Å². The number of hydrogen-bond donors (Lipinski definition) is 2. The lowest BCUT2D eigenvalue weighted by molar-refractivity contribution is -0.118. The zero-order chi connectivity index (χ0) is 18.9. The molecule has 3 rings (SSSR count). The van der Waals surface area contributed by atoms with Crippen LogP contribution in [0.1, 0.15) is 24.0 Å². The van der Waals surface area contributed by atoms with Crippen LogP contribution < -0.4 is 15.4 Å². The molecule has 0 spiro atoms. The number of aryl methyl sites for hydroxylation is 1. The minimum absolute atomic E-state index is 0.00840. The third-order valence-corrected chi connectivity index (χ3v) is 5.75. The molecule has 2 N–H and O–H groups in total. The monoisotopic (exact) mass is 384 g/mol. The Hall–Kier alpha value is -1.98. The topological polar surface area (TPSA) is 50.4 Å². The Balaban J connectivity index is 1.36. The SMILES string of the molecule is Cc1ccc(NC(=O)COc2ccc(CCNC3CCSCC3)cc2)cc1. The van der Waals surface area contributed by atoms with E-state index in [2.05, 4.69) is 34.5 Å². The van der Waals surface area contributed by atoms with Gasteiger partial charge in [0.15, 0.2) is 6.61 Å². The van der Waals surface area contributed by atoms with E-state index in [0.29, 0.717) is 6.04 Å². The lowest BCUT2D eigenvalue weighted by atomic mass is 10.1. The fourth-order valence-electron chi connectivity index (χ4n) is 3.06. The van der Waals surface area contributed by atoms with E-state index in [1.807, 2.05) is 43.3 Å². The smallest absolute Gasteiger partial charge is 0.262 e. The third kappa shape index (κ3) is 6.92. The van der Waals surface area contributed by atoms with Crippen LogP contribution in [0.5, 0.6) is 5.75 Å². The van der Waals surface area contributed by atoms with Crippen molar-refractivity contribution < 1.29 is 9.53 Å². The Bertz CT molecular complexity index is 710. The molecule has 0 aromatic heterocycles. The molecular formula is C22H28N2O2S. The summed E-state index contributed by atoms with van der Waals surface area (Å²) in [6.07, 6.45) is 3.57. The molecule has 5 heteroatoms. The first kappa shape index (κ1) is 19.8. The first-order chi connectivity index (χ1) is 13.2. The molecule has 0 unspecified atom stereocenters. The highest BCUT2D eigenvalue weighted by atomic mass is 32.2. The average molecular weight is 385 g/mol. The lowest BCUT2D eigenvalue weighted by Gasteiger charge is -2.22. The number of thioether (sulfide) groups is 1. The number of ether oxygens (including phenoxy) is 1. The van der Waals surface area contributed by atoms with Crippen LogP contribution in [0.25, 0.3) is 0 Å². The predicted octanol–water partition coefficient (Wildman–Crippen LogP) is 4.04. The fourth-order valence-corrected chi connectivity index (χ4v) is 4.16. The maximum Gasteiger partial charge on any atom is 0.262 e. The highest BCUT2D eigenvalue weighted by Gasteiger charge is 2.12. The summed E-state index contributed by atoms with van der Waals surface area (Å²) in [5.41, 5.74) is 3.23. The quantitative estimate of drug-likeness (QED) is 0.721. The van der Waals surface area contributed by atoms with Crippen LogP contribution in [-0.4, -0.2) is 36.6 Å². The molecule has 0 radical (unpaired) electrons. The van der Waals surface area contributed by atoms with Gasteiger partial charge in [-0.15, -0.1) is 0 Å². The number of carbonyl (C=O) groups is 1. The largest absolute Gasteiger partial charge is 0.484 e. The molecule has 0 saturated carbocycles. The van der Waals surface area contributed by atoms with Gasteiger partial charge in [0, 0.05) is 11.7 Å². The molecule has 2 aromatic rings. The van der Waals surface area contributed by atoms with Crippen LogP contribution in [0.2, 0.25) is 0 Å². The maximum atomic E-state index is 12.0. The van der Waals surface area contributed by atoms with Gasteiger partial charge in [-0.25, -0.2) is 0 Å². The summed E-state index contributed by atoms with van der Waals surface area (Å²) in [6.45, 7) is 3.03. The molecule has 0 bridgehead atoms. The lowest BCUT2D eigenvalue weighted by Crippen LogP contribution is -2.33. The van der Waals surface area contributed by atoms with E-state index in [4.69, 9.17) is 4.74 Å². The van der Waals surface area contributed by atoms with Crippen molar-refractivity contribution in [3.63, 3.8) is 0 Å². The molecular weight excluding hydrogens is 356 g/mol. The third-order valence-electron chi connectivity index (χ3n) is 4.70. The second-order valence-electron chi connectivity index (χ2n) is 6.94. The number of rotatable bonds is 8. The Morgan fingerprint density at radius 1 is 1.07 bits per heavy atom. The molecule has 1 aliphatic rings. The molecule has 27 heavy (non-hydrogen) atoms. The first-order valence-corrected chi connectivity index (χ1v) is 10.7. The summed E-state index contributed by atoms with van der Waals surface area (Å²) < 4.78 is 5.59. The van der Waals surface area contributed by atoms with Crippen molar-refractivity contribution in [2.24, 2.45) is 0 Å². The molecule has 1 aliphatic heterocycles. The standard InChI is InChI=1S/C22H28N2O2S/c1-17-2-6-20(7-3-17)24-22(25)16-26-21-8-4-18(5-9-21)10-13-23-19-11-14-27-15-12-19/h2-9,19,23H,10-16H2,1H3,(H,24,25). The second-order valence-corrected chi connectivity index (χ2v) is 8.16. The first-order valence-electron chi connectivity index (χ1n) is 9.58. The molecule has 1 amide bonds. The molecule has 0 atom stereocenters. The van der Waals surface area contributed by atoms with Gasteiger partial charge < -0.3 is 15.4 Å². The van der Waals surface area contributed by atoms with Crippen LogP contribution in [0, 0.1) is 6.92 Å². The minimum Gasteiger partial charge on any atom is -0.484 e. The van der Waals surface area contributed by atoms with Crippen molar-refractivity contribution in [3.8, 4) is 5.75 Å². The van der Waals surface area contributed by atoms with Gasteiger partial charge in [-0.3, -0.25) is 4.79 Å². The van der Waals surface area contributed by atoms with E-state index in [-0.39, 0.29) is 12.5 Å². The van der Waals surface area contributed by atoms with Crippen molar-refractivity contribution in [2.45, 2.75) is 32.2 Å². The highest BCUT2D eigenvalue weighted by Crippen LogP contribution is 2.17. The maximum absolute atomic E-state index is 12.0. The van der Waals surface area contributed by atoms with Gasteiger partial charge in [0.2, 0.25) is 0 Å². The van der Waals surface area contributed by atoms with Gasteiger partial charge in [0.1, 0.15) is 5.75 Å². The van der Waals surface area contributed by atoms with Gasteiger partial charge in [0.25, 0.3) is 5.91 Å². The molecule has 1 heterocycles. The van der Waals surface area contributed by atoms with Crippen LogP contribution in [-0.2, 0) is 11.2 Å². The highest BCUT2D eigenvalue weighted by molar-refractivity contribution is 7.99. The minimum atomic E-state index is -0.155. The van der Waals surface area contributed by atoms with Crippen LogP contribution >= 0.6 is 11.8 Å². The van der Waals surface area contributed by atoms with Gasteiger partial charge in [0.05, 0.1) is 0 Å². The zero-order valence-electron chi connectivity index (χ0n) is 15.9. The van der Waals surface area contributed by atoms with E-state index in [9.17, 15) is 4.79 Å². The van der Waals surface area contributed by atoms with Gasteiger partial charge in [-0.2, -0.15) is 11.8 Å². The van der Waals surface area contributed by atoms with E-state index in [1.54, 1.807) is 0 Å². The van der Waals surface area contributed by atoms with Gasteiger partial charge in [-0.1, -0.05) is 29.8 Å². The molecule has 1 saturated heterocycles. The average Bonchev–Trinajstić information content (AvgIpc) is 2.70. The summed E-state index contributed by atoms with van der Waals surface area (Å²) in [5, 5.41) is 6.49. The van der Waals surface area contributed by atoms with Crippen molar-refractivity contribution in [3.05, 3.63) is 59.7 Å². The van der Waals surface area contributed by atoms with Crippen LogP contribution in [0.4, 0.5) is 5.69 Å². The molecule has 4 nitrogen and oxygen atoms in total. The number of carbonyl (C=O) groups excluding carboxylic acids is 1. The van der Waals surface area contributed by atoms with E-state index < -0.39 is 0 Å². The number of nitrogens with one attached hydrogen (secondary N) is 2. The summed E-state index contributed by atoms with van der Waals surface area (Å²) in [6, 6.07) is 16.4. The van der Waals surface area contributed by atoms with Crippen molar-refractivity contribution in [2.75, 3.05) is 30.0 Å². The summed E-state index contributed by atoms with van der Waals surface area (Å²) in [7, 11) is 0. The van der Waals surface area contributed by atoms with Crippen molar-refractivity contribution in [1.82, 2.24) is 5.32 Å². The van der Waals surface area contributed by atoms with Gasteiger partial charge >= 0.3 is 0 Å². The van der Waals surface area contributed by atoms with E-state index >= 15 is 0 Å². The molecule has 144 valence electrons. The summed E-state index contributed by atoms with van der Waals surface area (Å²) in [4.78, 5) is 12.0. The number of anilines is 1. The number of benzene rings is 2. The van der Waals surface area contributed by atoms with E-state index in [0.717, 1.165) is 30.0 Å².